The maximum Gasteiger partial charge on any atom is 0.240 e. The molecule has 0 aromatic heterocycles. The van der Waals surface area contributed by atoms with Crippen LogP contribution in [0.4, 0.5) is 5.69 Å². The third-order valence-corrected chi connectivity index (χ3v) is 8.88. The zero-order valence-electron chi connectivity index (χ0n) is 17.3. The molecule has 0 unspecified atom stereocenters. The van der Waals surface area contributed by atoms with E-state index in [1.807, 2.05) is 91.0 Å². The average molecular weight is 470 g/mol. The number of nitrogens with zero attached hydrogens (tertiary/aromatic N) is 1. The van der Waals surface area contributed by atoms with Crippen LogP contribution in [0.15, 0.2) is 91.0 Å². The van der Waals surface area contributed by atoms with Gasteiger partial charge in [0.15, 0.2) is 0 Å². The summed E-state index contributed by atoms with van der Waals surface area (Å²) in [6.07, 6.45) is 0. The molecule has 0 N–H and O–H groups in total. The Hall–Kier alpha value is -3.14. The summed E-state index contributed by atoms with van der Waals surface area (Å²) in [4.78, 5) is 27.2. The third-order valence-electron chi connectivity index (χ3n) is 7.59. The predicted molar refractivity (Wildman–Crippen MR) is 130 cm³/mol. The Bertz CT molecular complexity index is 1400. The Kier molecular flexibility index (Phi) is 3.66. The van der Waals surface area contributed by atoms with Crippen LogP contribution in [0, 0.1) is 11.8 Å². The molecule has 2 atom stereocenters. The topological polar surface area (TPSA) is 37.4 Å². The summed E-state index contributed by atoms with van der Waals surface area (Å²) in [6, 6.07) is 28.8. The fourth-order valence-corrected chi connectivity index (χ4v) is 7.41. The van der Waals surface area contributed by atoms with Crippen molar-refractivity contribution in [2.75, 3.05) is 4.90 Å². The normalized spacial score (nSPS) is 29.2. The van der Waals surface area contributed by atoms with Crippen molar-refractivity contribution in [3.8, 4) is 0 Å². The molecule has 2 bridgehead atoms. The van der Waals surface area contributed by atoms with E-state index >= 15 is 0 Å². The zero-order chi connectivity index (χ0) is 22.5. The van der Waals surface area contributed by atoms with Crippen molar-refractivity contribution in [2.45, 2.75) is 9.75 Å². The van der Waals surface area contributed by atoms with Crippen LogP contribution in [0.25, 0.3) is 10.8 Å². The van der Waals surface area contributed by atoms with Crippen LogP contribution in [0.3, 0.4) is 0 Å². The minimum absolute atomic E-state index is 0.301. The van der Waals surface area contributed by atoms with Gasteiger partial charge in [-0.2, -0.15) is 0 Å². The Labute approximate surface area is 200 Å². The molecule has 4 aromatic carbocycles. The molecule has 1 fully saturated rings. The van der Waals surface area contributed by atoms with E-state index in [-0.39, 0.29) is 11.8 Å². The molecule has 0 radical (unpaired) electrons. The van der Waals surface area contributed by atoms with Gasteiger partial charge >= 0.3 is 0 Å². The number of carbonyl (C=O) groups is 2. The van der Waals surface area contributed by atoms with Gasteiger partial charge in [0.05, 0.1) is 17.5 Å². The highest BCUT2D eigenvalue weighted by Crippen LogP contribution is 2.69. The van der Waals surface area contributed by atoms with Gasteiger partial charge in [0.2, 0.25) is 11.8 Å². The lowest BCUT2D eigenvalue weighted by Crippen LogP contribution is -2.57. The van der Waals surface area contributed by atoms with Crippen molar-refractivity contribution in [1.29, 1.82) is 0 Å². The van der Waals surface area contributed by atoms with E-state index in [2.05, 4.69) is 0 Å². The van der Waals surface area contributed by atoms with Crippen molar-refractivity contribution < 1.29 is 9.59 Å². The molecule has 3 aliphatic carbocycles. The number of benzene rings is 4. The second-order valence-corrected chi connectivity index (χ2v) is 10.2. The lowest BCUT2D eigenvalue weighted by atomic mass is 9.54. The molecular formula is C28H17Cl2NO2. The van der Waals surface area contributed by atoms with Crippen molar-refractivity contribution in [3.63, 3.8) is 0 Å². The lowest BCUT2D eigenvalue weighted by Gasteiger charge is -2.54. The molecule has 4 aliphatic rings. The van der Waals surface area contributed by atoms with Crippen LogP contribution in [0.1, 0.15) is 22.3 Å². The number of anilines is 1. The number of rotatable bonds is 1. The van der Waals surface area contributed by atoms with E-state index in [1.165, 1.54) is 4.90 Å². The molecule has 3 nitrogen and oxygen atoms in total. The Morgan fingerprint density at radius 2 is 1.00 bits per heavy atom. The second-order valence-electron chi connectivity index (χ2n) is 8.98. The fourth-order valence-electron chi connectivity index (χ4n) is 6.31. The highest BCUT2D eigenvalue weighted by molar-refractivity contribution is 6.39. The average Bonchev–Trinajstić information content (AvgIpc) is 3.13. The van der Waals surface area contributed by atoms with Gasteiger partial charge in [-0.05, 0) is 33.7 Å². The number of fused-ring (bicyclic) bond motifs is 1. The number of alkyl halides is 2. The number of halogens is 2. The molecule has 8 rings (SSSR count). The van der Waals surface area contributed by atoms with Crippen LogP contribution in [-0.4, -0.2) is 11.8 Å². The summed E-state index contributed by atoms with van der Waals surface area (Å²) < 4.78 is 0. The van der Waals surface area contributed by atoms with Gasteiger partial charge in [-0.3, -0.25) is 9.59 Å². The largest absolute Gasteiger partial charge is 0.274 e. The van der Waals surface area contributed by atoms with E-state index in [9.17, 15) is 9.59 Å². The SMILES string of the molecule is O=C1[C@@H]2[C@H](C(=O)N1c1cccc3ccccc13)C1(Cl)c3ccccc3C2(Cl)c2ccccc21. The standard InChI is InChI=1S/C28H17Cl2NO2/c29-27-18-11-3-4-12-19(18)28(30,21-14-6-5-13-20(21)27)24-23(27)25(32)31(26(24)33)22-15-7-9-16-8-1-2-10-17(16)22/h1-15,23-24H/t23-,24+,27?,28?. The minimum atomic E-state index is -1.17. The summed E-state index contributed by atoms with van der Waals surface area (Å²) in [5, 5.41) is 1.80. The lowest BCUT2D eigenvalue weighted by molar-refractivity contribution is -0.122. The van der Waals surface area contributed by atoms with Gasteiger partial charge in [0.25, 0.3) is 0 Å². The quantitative estimate of drug-likeness (QED) is 0.255. The van der Waals surface area contributed by atoms with Crippen LogP contribution in [0.5, 0.6) is 0 Å². The van der Waals surface area contributed by atoms with Gasteiger partial charge in [0.1, 0.15) is 9.75 Å². The first-order valence-electron chi connectivity index (χ1n) is 10.9. The van der Waals surface area contributed by atoms with E-state index in [0.29, 0.717) is 5.69 Å². The van der Waals surface area contributed by atoms with Gasteiger partial charge in [0, 0.05) is 5.39 Å². The molecule has 0 spiro atoms. The molecule has 160 valence electrons. The molecule has 0 saturated carbocycles. The monoisotopic (exact) mass is 469 g/mol. The first kappa shape index (κ1) is 19.3. The maximum atomic E-state index is 14.1. The van der Waals surface area contributed by atoms with Crippen molar-refractivity contribution in [3.05, 3.63) is 113 Å². The van der Waals surface area contributed by atoms with Gasteiger partial charge in [-0.25, -0.2) is 4.90 Å². The Morgan fingerprint density at radius 3 is 1.52 bits per heavy atom. The maximum absolute atomic E-state index is 14.1. The number of carbonyl (C=O) groups excluding carboxylic acids is 2. The van der Waals surface area contributed by atoms with Crippen LogP contribution >= 0.6 is 23.2 Å². The van der Waals surface area contributed by atoms with Crippen LogP contribution in [-0.2, 0) is 19.3 Å². The molecule has 4 aromatic rings. The summed E-state index contributed by atoms with van der Waals surface area (Å²) in [6.45, 7) is 0. The fraction of sp³-hybridized carbons (Fsp3) is 0.143. The van der Waals surface area contributed by atoms with E-state index in [4.69, 9.17) is 23.2 Å². The summed E-state index contributed by atoms with van der Waals surface area (Å²) in [7, 11) is 0. The predicted octanol–water partition coefficient (Wildman–Crippen LogP) is 5.94. The van der Waals surface area contributed by atoms with Gasteiger partial charge in [-0.1, -0.05) is 84.9 Å². The summed E-state index contributed by atoms with van der Waals surface area (Å²) >= 11 is 15.0. The second kappa shape index (κ2) is 6.25. The summed E-state index contributed by atoms with van der Waals surface area (Å²) in [5.74, 6) is -2.20. The molecule has 1 heterocycles. The Morgan fingerprint density at radius 1 is 0.576 bits per heavy atom. The van der Waals surface area contributed by atoms with Crippen LogP contribution < -0.4 is 4.90 Å². The molecule has 1 saturated heterocycles. The first-order valence-corrected chi connectivity index (χ1v) is 11.7. The molecule has 33 heavy (non-hydrogen) atoms. The van der Waals surface area contributed by atoms with Crippen molar-refractivity contribution in [1.82, 2.24) is 0 Å². The minimum Gasteiger partial charge on any atom is -0.274 e. The smallest absolute Gasteiger partial charge is 0.240 e. The number of imide groups is 1. The van der Waals surface area contributed by atoms with Gasteiger partial charge in [-0.15, -0.1) is 23.2 Å². The molecule has 5 heteroatoms. The van der Waals surface area contributed by atoms with Crippen LogP contribution in [0.2, 0.25) is 0 Å². The number of amides is 2. The highest BCUT2D eigenvalue weighted by atomic mass is 35.5. The van der Waals surface area contributed by atoms with E-state index < -0.39 is 21.6 Å². The molecule has 2 amide bonds. The van der Waals surface area contributed by atoms with E-state index in [1.54, 1.807) is 0 Å². The summed E-state index contributed by atoms with van der Waals surface area (Å²) in [5.41, 5.74) is 3.81. The number of hydrogen-bond acceptors (Lipinski definition) is 2. The van der Waals surface area contributed by atoms with Crippen molar-refractivity contribution >= 4 is 51.5 Å². The van der Waals surface area contributed by atoms with Gasteiger partial charge < -0.3 is 0 Å². The first-order chi connectivity index (χ1) is 16.0. The van der Waals surface area contributed by atoms with Crippen molar-refractivity contribution in [2.24, 2.45) is 11.8 Å². The Balaban J connectivity index is 1.53. The zero-order valence-corrected chi connectivity index (χ0v) is 18.8. The molecule has 1 aliphatic heterocycles. The highest BCUT2D eigenvalue weighted by Gasteiger charge is 2.73. The number of hydrogen-bond donors (Lipinski definition) is 0. The van der Waals surface area contributed by atoms with E-state index in [0.717, 1.165) is 33.0 Å². The molecular weight excluding hydrogens is 453 g/mol. The third kappa shape index (κ3) is 2.09.